The second kappa shape index (κ2) is 9.47. The predicted octanol–water partition coefficient (Wildman–Crippen LogP) is 3.36. The van der Waals surface area contributed by atoms with Crippen LogP contribution in [0.15, 0.2) is 12.1 Å². The Morgan fingerprint density at radius 2 is 1.75 bits per heavy atom. The summed E-state index contributed by atoms with van der Waals surface area (Å²) in [7, 11) is 1.42. The molecule has 3 rings (SSSR count). The number of aliphatic hydroxyl groups excluding tert-OH is 1. The van der Waals surface area contributed by atoms with Gasteiger partial charge in [0.2, 0.25) is 5.95 Å². The van der Waals surface area contributed by atoms with Crippen molar-refractivity contribution in [1.29, 1.82) is 0 Å². The molecule has 0 aliphatic heterocycles. The molecule has 0 fully saturated rings. The average Bonchev–Trinajstić information content (AvgIpc) is 3.12. The van der Waals surface area contributed by atoms with E-state index in [9.17, 15) is 15.3 Å². The van der Waals surface area contributed by atoms with Crippen molar-refractivity contribution in [3.63, 3.8) is 0 Å². The number of nitrogens with one attached hydrogen (secondary N) is 2. The number of anilines is 2. The number of rotatable bonds is 9. The first-order valence-corrected chi connectivity index (χ1v) is 10.7. The third kappa shape index (κ3) is 4.80. The van der Waals surface area contributed by atoms with Crippen LogP contribution in [0.3, 0.4) is 0 Å². The molecule has 3 aromatic rings. The van der Waals surface area contributed by atoms with Crippen LogP contribution in [0.5, 0.6) is 17.2 Å². The molecule has 0 bridgehead atoms. The highest BCUT2D eigenvalue weighted by atomic mass is 16.5. The zero-order valence-electron chi connectivity index (χ0n) is 19.3. The maximum absolute atomic E-state index is 10.3. The fourth-order valence-corrected chi connectivity index (χ4v) is 3.35. The van der Waals surface area contributed by atoms with Crippen LogP contribution < -0.4 is 15.4 Å². The van der Waals surface area contributed by atoms with Crippen molar-refractivity contribution >= 4 is 22.8 Å². The van der Waals surface area contributed by atoms with Gasteiger partial charge in [-0.1, -0.05) is 13.8 Å². The van der Waals surface area contributed by atoms with Crippen LogP contribution in [-0.2, 0) is 6.54 Å². The largest absolute Gasteiger partial charge is 0.507 e. The zero-order chi connectivity index (χ0) is 23.6. The van der Waals surface area contributed by atoms with Gasteiger partial charge < -0.3 is 30.7 Å². The van der Waals surface area contributed by atoms with Crippen molar-refractivity contribution in [3.8, 4) is 17.2 Å². The lowest BCUT2D eigenvalue weighted by atomic mass is 10.1. The standard InChI is InChI=1S/C22H32N6O4/c1-11(2)18-19-20(28(27-18)12(3)4)21(26-22(25-19)24-9-13(5)29)23-10-14-7-16(31)17(32-6)8-15(14)30/h7-8,11-13,29-31H,9-10H2,1-6H3,(H2,23,24,25,26). The Bertz CT molecular complexity index is 1090. The van der Waals surface area contributed by atoms with Crippen molar-refractivity contribution in [2.45, 2.75) is 59.2 Å². The summed E-state index contributed by atoms with van der Waals surface area (Å²) in [6.07, 6.45) is -0.562. The molecule has 1 unspecified atom stereocenters. The Morgan fingerprint density at radius 1 is 1.03 bits per heavy atom. The number of hydrogen-bond donors (Lipinski definition) is 5. The lowest BCUT2D eigenvalue weighted by molar-refractivity contribution is 0.208. The Balaban J connectivity index is 2.08. The SMILES string of the molecule is COc1cc(O)c(CNc2nc(NCC(C)O)nc3c(C(C)C)nn(C(C)C)c23)cc1O. The van der Waals surface area contributed by atoms with Gasteiger partial charge in [-0.15, -0.1) is 0 Å². The number of nitrogens with zero attached hydrogens (tertiary/aromatic N) is 4. The number of aromatic hydroxyl groups is 2. The van der Waals surface area contributed by atoms with Gasteiger partial charge >= 0.3 is 0 Å². The summed E-state index contributed by atoms with van der Waals surface area (Å²) < 4.78 is 6.92. The summed E-state index contributed by atoms with van der Waals surface area (Å²) in [6, 6.07) is 2.89. The summed E-state index contributed by atoms with van der Waals surface area (Å²) in [6.45, 7) is 10.4. The quantitative estimate of drug-likeness (QED) is 0.315. The molecule has 2 heterocycles. The van der Waals surface area contributed by atoms with E-state index in [4.69, 9.17) is 9.84 Å². The van der Waals surface area contributed by atoms with Crippen LogP contribution in [0.25, 0.3) is 11.0 Å². The summed E-state index contributed by atoms with van der Waals surface area (Å²) in [5.74, 6) is 1.17. The fraction of sp³-hybridized carbons (Fsp3) is 0.500. The number of hydrogen-bond acceptors (Lipinski definition) is 9. The molecule has 10 nitrogen and oxygen atoms in total. The highest BCUT2D eigenvalue weighted by Crippen LogP contribution is 2.35. The molecule has 0 aliphatic carbocycles. The maximum Gasteiger partial charge on any atom is 0.225 e. The van der Waals surface area contributed by atoms with Crippen LogP contribution in [0, 0.1) is 0 Å². The minimum atomic E-state index is -0.562. The van der Waals surface area contributed by atoms with Crippen LogP contribution in [-0.4, -0.2) is 54.8 Å². The summed E-state index contributed by atoms with van der Waals surface area (Å²) in [5, 5.41) is 41.2. The van der Waals surface area contributed by atoms with Crippen LogP contribution >= 0.6 is 0 Å². The van der Waals surface area contributed by atoms with Crippen molar-refractivity contribution in [1.82, 2.24) is 19.7 Å². The molecular formula is C22H32N6O4. The molecule has 32 heavy (non-hydrogen) atoms. The Kier molecular flexibility index (Phi) is 6.93. The monoisotopic (exact) mass is 444 g/mol. The highest BCUT2D eigenvalue weighted by Gasteiger charge is 2.22. The van der Waals surface area contributed by atoms with Crippen LogP contribution in [0.1, 0.15) is 57.8 Å². The molecule has 5 N–H and O–H groups in total. The third-order valence-corrected chi connectivity index (χ3v) is 4.99. The first-order chi connectivity index (χ1) is 15.1. The molecule has 1 atom stereocenters. The Morgan fingerprint density at radius 3 is 2.34 bits per heavy atom. The second-order valence-corrected chi connectivity index (χ2v) is 8.41. The predicted molar refractivity (Wildman–Crippen MR) is 124 cm³/mol. The van der Waals surface area contributed by atoms with E-state index in [1.807, 2.05) is 18.5 Å². The number of aliphatic hydroxyl groups is 1. The molecule has 0 radical (unpaired) electrons. The smallest absolute Gasteiger partial charge is 0.225 e. The van der Waals surface area contributed by atoms with E-state index in [-0.39, 0.29) is 35.8 Å². The number of ether oxygens (including phenoxy) is 1. The molecule has 0 spiro atoms. The molecule has 1 aromatic carbocycles. The zero-order valence-corrected chi connectivity index (χ0v) is 19.3. The van der Waals surface area contributed by atoms with Gasteiger partial charge in [-0.2, -0.15) is 10.1 Å². The van der Waals surface area contributed by atoms with Gasteiger partial charge in [-0.05, 0) is 32.8 Å². The lowest BCUT2D eigenvalue weighted by Crippen LogP contribution is -2.18. The molecule has 10 heteroatoms. The first kappa shape index (κ1) is 23.4. The summed E-state index contributed by atoms with van der Waals surface area (Å²) in [4.78, 5) is 9.29. The van der Waals surface area contributed by atoms with E-state index in [0.29, 0.717) is 23.9 Å². The van der Waals surface area contributed by atoms with E-state index in [1.54, 1.807) is 6.92 Å². The first-order valence-electron chi connectivity index (χ1n) is 10.7. The van der Waals surface area contributed by atoms with E-state index in [2.05, 4.69) is 34.4 Å². The third-order valence-electron chi connectivity index (χ3n) is 4.99. The number of benzene rings is 1. The molecular weight excluding hydrogens is 412 g/mol. The number of methoxy groups -OCH3 is 1. The normalized spacial score (nSPS) is 12.5. The number of aromatic nitrogens is 4. The van der Waals surface area contributed by atoms with Gasteiger partial charge in [0.05, 0.1) is 18.9 Å². The minimum absolute atomic E-state index is 0.00913. The lowest BCUT2D eigenvalue weighted by Gasteiger charge is -2.15. The number of phenols is 2. The number of fused-ring (bicyclic) bond motifs is 1. The van der Waals surface area contributed by atoms with Gasteiger partial charge in [0, 0.05) is 30.8 Å². The van der Waals surface area contributed by atoms with Crippen molar-refractivity contribution in [2.75, 3.05) is 24.3 Å². The molecule has 0 saturated heterocycles. The average molecular weight is 445 g/mol. The van der Waals surface area contributed by atoms with Crippen LogP contribution in [0.2, 0.25) is 0 Å². The fourth-order valence-electron chi connectivity index (χ4n) is 3.35. The molecule has 0 saturated carbocycles. The highest BCUT2D eigenvalue weighted by molar-refractivity contribution is 5.89. The second-order valence-electron chi connectivity index (χ2n) is 8.41. The van der Waals surface area contributed by atoms with Crippen LogP contribution in [0.4, 0.5) is 11.8 Å². The number of phenolic OH excluding ortho intramolecular Hbond substituents is 2. The Hall–Kier alpha value is -3.27. The Labute approximate surface area is 187 Å². The summed E-state index contributed by atoms with van der Waals surface area (Å²) in [5.41, 5.74) is 2.81. The topological polar surface area (TPSA) is 138 Å². The van der Waals surface area contributed by atoms with E-state index >= 15 is 0 Å². The minimum Gasteiger partial charge on any atom is -0.507 e. The van der Waals surface area contributed by atoms with Crippen molar-refractivity contribution in [3.05, 3.63) is 23.4 Å². The van der Waals surface area contributed by atoms with E-state index < -0.39 is 6.10 Å². The van der Waals surface area contributed by atoms with Crippen molar-refractivity contribution in [2.24, 2.45) is 0 Å². The summed E-state index contributed by atoms with van der Waals surface area (Å²) >= 11 is 0. The van der Waals surface area contributed by atoms with Gasteiger partial charge in [-0.3, -0.25) is 4.68 Å². The molecule has 0 aliphatic rings. The van der Waals surface area contributed by atoms with Gasteiger partial charge in [0.15, 0.2) is 17.3 Å². The maximum atomic E-state index is 10.3. The van der Waals surface area contributed by atoms with Gasteiger partial charge in [0.1, 0.15) is 16.8 Å². The van der Waals surface area contributed by atoms with E-state index in [1.165, 1.54) is 19.2 Å². The molecule has 174 valence electrons. The van der Waals surface area contributed by atoms with Gasteiger partial charge in [0.25, 0.3) is 0 Å². The van der Waals surface area contributed by atoms with Crippen molar-refractivity contribution < 1.29 is 20.1 Å². The van der Waals surface area contributed by atoms with Gasteiger partial charge in [-0.25, -0.2) is 4.98 Å². The van der Waals surface area contributed by atoms with E-state index in [0.717, 1.165) is 16.7 Å². The molecule has 2 aromatic heterocycles. The molecule has 0 amide bonds.